The quantitative estimate of drug-likeness (QED) is 0.359. The molecule has 1 heterocycles. The number of ketones is 1. The van der Waals surface area contributed by atoms with E-state index in [0.29, 0.717) is 29.3 Å². The van der Waals surface area contributed by atoms with Crippen molar-refractivity contribution in [1.29, 1.82) is 0 Å². The molecule has 0 radical (unpaired) electrons. The molecule has 0 spiro atoms. The van der Waals surface area contributed by atoms with E-state index < -0.39 is 0 Å². The van der Waals surface area contributed by atoms with Gasteiger partial charge in [-0.15, -0.1) is 0 Å². The van der Waals surface area contributed by atoms with Crippen molar-refractivity contribution in [2.45, 2.75) is 39.2 Å². The van der Waals surface area contributed by atoms with Gasteiger partial charge in [-0.05, 0) is 88.2 Å². The fourth-order valence-electron chi connectivity index (χ4n) is 4.02. The molecule has 2 aromatic rings. The molecule has 0 atom stereocenters. The average Bonchev–Trinajstić information content (AvgIpc) is 2.82. The van der Waals surface area contributed by atoms with E-state index in [1.807, 2.05) is 26.0 Å². The van der Waals surface area contributed by atoms with Crippen molar-refractivity contribution < 1.29 is 14.3 Å². The molecule has 1 amide bonds. The van der Waals surface area contributed by atoms with Gasteiger partial charge < -0.3 is 15.0 Å². The molecule has 184 valence electrons. The van der Waals surface area contributed by atoms with Crippen LogP contribution in [0.5, 0.6) is 5.75 Å². The molecule has 1 aliphatic rings. The highest BCUT2D eigenvalue weighted by Gasteiger charge is 2.18. The summed E-state index contributed by atoms with van der Waals surface area (Å²) in [5.41, 5.74) is 1.26. The Morgan fingerprint density at radius 3 is 2.09 bits per heavy atom. The summed E-state index contributed by atoms with van der Waals surface area (Å²) in [6.07, 6.45) is 3.26. The average molecular weight is 486 g/mol. The Morgan fingerprint density at radius 1 is 0.882 bits per heavy atom. The van der Waals surface area contributed by atoms with Crippen LogP contribution in [0.15, 0.2) is 48.5 Å². The second-order valence-electron chi connectivity index (χ2n) is 9.11. The van der Waals surface area contributed by atoms with Gasteiger partial charge in [-0.25, -0.2) is 0 Å². The molecule has 3 rings (SSSR count). The Hall–Kier alpha value is -2.41. The number of carbonyl (C=O) groups excluding carboxylic acids is 2. The molecule has 1 fully saturated rings. The van der Waals surface area contributed by atoms with Gasteiger partial charge in [0.1, 0.15) is 5.75 Å². The van der Waals surface area contributed by atoms with E-state index >= 15 is 0 Å². The molecular weight excluding hydrogens is 450 g/mol. The van der Waals surface area contributed by atoms with Gasteiger partial charge in [-0.1, -0.05) is 11.6 Å². The number of hydrogen-bond donors (Lipinski definition) is 1. The summed E-state index contributed by atoms with van der Waals surface area (Å²) in [5.74, 6) is 0.874. The fourth-order valence-corrected chi connectivity index (χ4v) is 4.14. The summed E-state index contributed by atoms with van der Waals surface area (Å²) < 4.78 is 5.85. The third-order valence-electron chi connectivity index (χ3n) is 5.89. The molecule has 1 saturated heterocycles. The molecule has 1 aliphatic heterocycles. The van der Waals surface area contributed by atoms with Crippen LogP contribution in [0.25, 0.3) is 0 Å². The minimum atomic E-state index is -0.0251. The smallest absolute Gasteiger partial charge is 0.234 e. The van der Waals surface area contributed by atoms with E-state index in [4.69, 9.17) is 16.3 Å². The van der Waals surface area contributed by atoms with Gasteiger partial charge in [0.05, 0.1) is 13.2 Å². The van der Waals surface area contributed by atoms with E-state index in [-0.39, 0.29) is 17.7 Å². The van der Waals surface area contributed by atoms with Gasteiger partial charge in [0, 0.05) is 48.4 Å². The number of benzene rings is 2. The fraction of sp³-hybridized carbons (Fsp3) is 0.481. The lowest BCUT2D eigenvalue weighted by Gasteiger charge is -2.34. The molecule has 7 heteroatoms. The first kappa shape index (κ1) is 26.2. The number of carbonyl (C=O) groups is 2. The molecule has 0 aromatic heterocycles. The minimum Gasteiger partial charge on any atom is -0.494 e. The van der Waals surface area contributed by atoms with Crippen LogP contribution in [0.3, 0.4) is 0 Å². The van der Waals surface area contributed by atoms with Crippen molar-refractivity contribution in [1.82, 2.24) is 15.1 Å². The van der Waals surface area contributed by atoms with E-state index in [1.54, 1.807) is 36.4 Å². The summed E-state index contributed by atoms with van der Waals surface area (Å²) in [4.78, 5) is 29.1. The van der Waals surface area contributed by atoms with Crippen molar-refractivity contribution in [2.24, 2.45) is 0 Å². The number of amides is 1. The predicted molar refractivity (Wildman–Crippen MR) is 137 cm³/mol. The van der Waals surface area contributed by atoms with E-state index in [2.05, 4.69) is 15.1 Å². The lowest BCUT2D eigenvalue weighted by Crippen LogP contribution is -2.50. The van der Waals surface area contributed by atoms with E-state index in [0.717, 1.165) is 57.7 Å². The zero-order chi connectivity index (χ0) is 24.3. The topological polar surface area (TPSA) is 61.9 Å². The summed E-state index contributed by atoms with van der Waals surface area (Å²) in [6, 6.07) is 14.4. The Kier molecular flexibility index (Phi) is 10.4. The molecular formula is C27H36ClN3O3. The number of hydrogen-bond acceptors (Lipinski definition) is 5. The highest BCUT2D eigenvalue weighted by Crippen LogP contribution is 2.17. The zero-order valence-corrected chi connectivity index (χ0v) is 21.0. The van der Waals surface area contributed by atoms with Crippen LogP contribution in [-0.2, 0) is 4.79 Å². The first-order valence-electron chi connectivity index (χ1n) is 12.2. The predicted octanol–water partition coefficient (Wildman–Crippen LogP) is 4.26. The van der Waals surface area contributed by atoms with Crippen LogP contribution < -0.4 is 10.1 Å². The van der Waals surface area contributed by atoms with Crippen molar-refractivity contribution in [3.05, 3.63) is 64.7 Å². The standard InChI is InChI=1S/C27H36ClN3O3/c1-21(2)29-26(32)20-31-17-15-30(16-18-31)14-4-3-5-19-34-25-12-8-23(9-13-25)27(33)22-6-10-24(28)11-7-22/h6-13,21H,3-5,14-20H2,1-2H3,(H,29,32). The molecule has 0 aliphatic carbocycles. The van der Waals surface area contributed by atoms with Crippen molar-refractivity contribution in [3.63, 3.8) is 0 Å². The second-order valence-corrected chi connectivity index (χ2v) is 9.55. The highest BCUT2D eigenvalue weighted by atomic mass is 35.5. The largest absolute Gasteiger partial charge is 0.494 e. The summed E-state index contributed by atoms with van der Waals surface area (Å²) in [7, 11) is 0. The zero-order valence-electron chi connectivity index (χ0n) is 20.3. The Bertz CT molecular complexity index is 908. The third kappa shape index (κ3) is 8.75. The third-order valence-corrected chi connectivity index (χ3v) is 6.14. The summed E-state index contributed by atoms with van der Waals surface area (Å²) in [5, 5.41) is 3.57. The Labute approximate surface area is 208 Å². The maximum atomic E-state index is 12.5. The molecule has 0 unspecified atom stereocenters. The number of nitrogens with zero attached hydrogens (tertiary/aromatic N) is 2. The monoisotopic (exact) mass is 485 g/mol. The number of ether oxygens (including phenoxy) is 1. The van der Waals surface area contributed by atoms with Gasteiger partial charge in [-0.3, -0.25) is 14.5 Å². The highest BCUT2D eigenvalue weighted by molar-refractivity contribution is 6.30. The first-order chi connectivity index (χ1) is 16.4. The van der Waals surface area contributed by atoms with Crippen LogP contribution in [0.4, 0.5) is 0 Å². The lowest BCUT2D eigenvalue weighted by atomic mass is 10.0. The van der Waals surface area contributed by atoms with Crippen LogP contribution in [-0.4, -0.2) is 73.4 Å². The van der Waals surface area contributed by atoms with Crippen LogP contribution >= 0.6 is 11.6 Å². The number of nitrogens with one attached hydrogen (secondary N) is 1. The normalized spacial score (nSPS) is 14.8. The molecule has 6 nitrogen and oxygen atoms in total. The Morgan fingerprint density at radius 2 is 1.47 bits per heavy atom. The lowest BCUT2D eigenvalue weighted by molar-refractivity contribution is -0.123. The maximum absolute atomic E-state index is 12.5. The number of halogens is 1. The minimum absolute atomic E-state index is 0.0251. The molecule has 0 saturated carbocycles. The molecule has 2 aromatic carbocycles. The van der Waals surface area contributed by atoms with Gasteiger partial charge in [0.15, 0.2) is 5.78 Å². The second kappa shape index (κ2) is 13.5. The summed E-state index contributed by atoms with van der Waals surface area (Å²) in [6.45, 7) is 10.2. The first-order valence-corrected chi connectivity index (χ1v) is 12.6. The van der Waals surface area contributed by atoms with Crippen LogP contribution in [0, 0.1) is 0 Å². The molecule has 34 heavy (non-hydrogen) atoms. The van der Waals surface area contributed by atoms with Gasteiger partial charge >= 0.3 is 0 Å². The van der Waals surface area contributed by atoms with Crippen LogP contribution in [0.1, 0.15) is 49.0 Å². The SMILES string of the molecule is CC(C)NC(=O)CN1CCN(CCCCCOc2ccc(C(=O)c3ccc(Cl)cc3)cc2)CC1. The number of rotatable bonds is 12. The number of unbranched alkanes of at least 4 members (excludes halogenated alkanes) is 2. The van der Waals surface area contributed by atoms with Crippen molar-refractivity contribution in [2.75, 3.05) is 45.9 Å². The number of piperazine rings is 1. The van der Waals surface area contributed by atoms with Crippen molar-refractivity contribution >= 4 is 23.3 Å². The molecule has 0 bridgehead atoms. The van der Waals surface area contributed by atoms with E-state index in [9.17, 15) is 9.59 Å². The van der Waals surface area contributed by atoms with Crippen LogP contribution in [0.2, 0.25) is 5.02 Å². The summed E-state index contributed by atoms with van der Waals surface area (Å²) >= 11 is 5.89. The van der Waals surface area contributed by atoms with Gasteiger partial charge in [0.2, 0.25) is 5.91 Å². The van der Waals surface area contributed by atoms with Crippen molar-refractivity contribution in [3.8, 4) is 5.75 Å². The van der Waals surface area contributed by atoms with E-state index in [1.165, 1.54) is 0 Å². The molecule has 1 N–H and O–H groups in total. The maximum Gasteiger partial charge on any atom is 0.234 e. The van der Waals surface area contributed by atoms with Gasteiger partial charge in [-0.2, -0.15) is 0 Å². The van der Waals surface area contributed by atoms with Gasteiger partial charge in [0.25, 0.3) is 0 Å². The Balaban J connectivity index is 1.26.